The Hall–Kier alpha value is -2.25. The number of aryl methyl sites for hydroxylation is 2. The normalized spacial score (nSPS) is 13.6. The highest BCUT2D eigenvalue weighted by molar-refractivity contribution is 7.22. The highest BCUT2D eigenvalue weighted by Crippen LogP contribution is 2.45. The highest BCUT2D eigenvalue weighted by Gasteiger charge is 2.26. The Labute approximate surface area is 202 Å². The first-order chi connectivity index (χ1) is 15.0. The molecule has 3 heterocycles. The number of halogens is 1. The number of aromatic nitrogens is 1. The van der Waals surface area contributed by atoms with Gasteiger partial charge in [-0.05, 0) is 56.1 Å². The number of nitrogens with zero attached hydrogens (tertiary/aromatic N) is 2. The third-order valence-corrected chi connectivity index (χ3v) is 8.05. The molecule has 0 spiro atoms. The maximum atomic E-state index is 13.0. The van der Waals surface area contributed by atoms with Crippen molar-refractivity contribution in [2.75, 3.05) is 18.9 Å². The molecule has 0 fully saturated rings. The van der Waals surface area contributed by atoms with Crippen molar-refractivity contribution in [3.05, 3.63) is 69.6 Å². The fourth-order valence-corrected chi connectivity index (χ4v) is 6.61. The largest absolute Gasteiger partial charge is 0.317 e. The third kappa shape index (κ3) is 4.46. The minimum Gasteiger partial charge on any atom is -0.317 e. The molecule has 0 saturated heterocycles. The number of anilines is 1. The predicted molar refractivity (Wildman–Crippen MR) is 138 cm³/mol. The van der Waals surface area contributed by atoms with Crippen molar-refractivity contribution in [2.24, 2.45) is 0 Å². The number of likely N-dealkylation sites (N-methyl/N-ethyl adjacent to an activating group) is 1. The number of thiophene rings is 1. The molecule has 1 amide bonds. The van der Waals surface area contributed by atoms with E-state index in [1.54, 1.807) is 22.7 Å². The molecular formula is C25H26ClN3OS2. The SMILES string of the molecule is Cc1ccc(C)c(CC(=O)Nc2sc3c(c2-c2nc4ccccc4s2)CCN(C)C3)c1.Cl. The van der Waals surface area contributed by atoms with Gasteiger partial charge in [-0.15, -0.1) is 35.1 Å². The van der Waals surface area contributed by atoms with Gasteiger partial charge < -0.3 is 10.2 Å². The van der Waals surface area contributed by atoms with Crippen molar-refractivity contribution in [1.82, 2.24) is 9.88 Å². The number of fused-ring (bicyclic) bond motifs is 2. The van der Waals surface area contributed by atoms with E-state index in [0.717, 1.165) is 51.7 Å². The standard InChI is InChI=1S/C25H25N3OS2.ClH/c1-15-8-9-16(2)17(12-15)13-22(29)27-25-23(18-10-11-28(3)14-21(18)31-25)24-26-19-6-4-5-7-20(19)30-24;/h4-9,12H,10-11,13-14H2,1-3H3,(H,27,29);1H. The summed E-state index contributed by atoms with van der Waals surface area (Å²) in [4.78, 5) is 21.6. The van der Waals surface area contributed by atoms with Crippen molar-refractivity contribution in [1.29, 1.82) is 0 Å². The molecule has 7 heteroatoms. The van der Waals surface area contributed by atoms with Crippen LogP contribution in [0.3, 0.4) is 0 Å². The molecule has 0 saturated carbocycles. The van der Waals surface area contributed by atoms with E-state index in [1.807, 2.05) is 6.07 Å². The van der Waals surface area contributed by atoms with Crippen LogP contribution in [0, 0.1) is 13.8 Å². The summed E-state index contributed by atoms with van der Waals surface area (Å²) in [5.41, 5.74) is 6.91. The lowest BCUT2D eigenvalue weighted by atomic mass is 10.0. The number of benzene rings is 2. The first kappa shape index (κ1) is 22.9. The molecule has 0 unspecified atom stereocenters. The van der Waals surface area contributed by atoms with E-state index in [9.17, 15) is 4.79 Å². The van der Waals surface area contributed by atoms with Gasteiger partial charge in [0, 0.05) is 23.5 Å². The van der Waals surface area contributed by atoms with Crippen molar-refractivity contribution >= 4 is 56.2 Å². The van der Waals surface area contributed by atoms with Crippen LogP contribution >= 0.6 is 35.1 Å². The number of hydrogen-bond acceptors (Lipinski definition) is 5. The lowest BCUT2D eigenvalue weighted by Gasteiger charge is -2.22. The molecule has 4 nitrogen and oxygen atoms in total. The van der Waals surface area contributed by atoms with Gasteiger partial charge in [-0.25, -0.2) is 4.98 Å². The molecule has 4 aromatic rings. The Bertz CT molecular complexity index is 1260. The average Bonchev–Trinajstić information content (AvgIpc) is 3.30. The number of nitrogens with one attached hydrogen (secondary N) is 1. The van der Waals surface area contributed by atoms with Gasteiger partial charge in [-0.2, -0.15) is 0 Å². The molecule has 166 valence electrons. The van der Waals surface area contributed by atoms with Crippen molar-refractivity contribution in [3.8, 4) is 10.6 Å². The smallest absolute Gasteiger partial charge is 0.229 e. The van der Waals surface area contributed by atoms with Crippen LogP contribution in [0.25, 0.3) is 20.8 Å². The molecule has 0 aliphatic carbocycles. The molecule has 1 N–H and O–H groups in total. The molecule has 2 aromatic carbocycles. The van der Waals surface area contributed by atoms with Gasteiger partial charge in [-0.1, -0.05) is 35.9 Å². The summed E-state index contributed by atoms with van der Waals surface area (Å²) in [6.45, 7) is 6.08. The van der Waals surface area contributed by atoms with E-state index in [0.29, 0.717) is 6.42 Å². The van der Waals surface area contributed by atoms with Crippen LogP contribution in [-0.4, -0.2) is 29.4 Å². The number of rotatable bonds is 4. The Balaban J connectivity index is 0.00000245. The minimum atomic E-state index is 0. The van der Waals surface area contributed by atoms with Crippen LogP contribution in [0.4, 0.5) is 5.00 Å². The average molecular weight is 484 g/mol. The molecular weight excluding hydrogens is 458 g/mol. The molecule has 1 aliphatic rings. The monoisotopic (exact) mass is 483 g/mol. The van der Waals surface area contributed by atoms with Crippen LogP contribution in [0.1, 0.15) is 27.1 Å². The van der Waals surface area contributed by atoms with Crippen LogP contribution in [0.15, 0.2) is 42.5 Å². The van der Waals surface area contributed by atoms with E-state index in [1.165, 1.54) is 20.7 Å². The number of carbonyl (C=O) groups is 1. The summed E-state index contributed by atoms with van der Waals surface area (Å²) >= 11 is 3.42. The third-order valence-electron chi connectivity index (χ3n) is 5.86. The molecule has 1 aliphatic heterocycles. The van der Waals surface area contributed by atoms with Gasteiger partial charge in [0.15, 0.2) is 0 Å². The van der Waals surface area contributed by atoms with Crippen LogP contribution in [0.2, 0.25) is 0 Å². The zero-order valence-corrected chi connectivity index (χ0v) is 20.8. The maximum Gasteiger partial charge on any atom is 0.229 e. The number of hydrogen-bond donors (Lipinski definition) is 1. The first-order valence-corrected chi connectivity index (χ1v) is 12.2. The summed E-state index contributed by atoms with van der Waals surface area (Å²) in [6, 6.07) is 14.5. The summed E-state index contributed by atoms with van der Waals surface area (Å²) < 4.78 is 1.18. The van der Waals surface area contributed by atoms with Crippen molar-refractivity contribution in [3.63, 3.8) is 0 Å². The summed E-state index contributed by atoms with van der Waals surface area (Å²) in [5, 5.41) is 5.19. The van der Waals surface area contributed by atoms with E-state index in [-0.39, 0.29) is 18.3 Å². The fourth-order valence-electron chi connectivity index (χ4n) is 4.16. The number of thiazole rings is 1. The van der Waals surface area contributed by atoms with Crippen molar-refractivity contribution < 1.29 is 4.79 Å². The predicted octanol–water partition coefficient (Wildman–Crippen LogP) is 6.23. The second kappa shape index (κ2) is 9.32. The van der Waals surface area contributed by atoms with Crippen molar-refractivity contribution in [2.45, 2.75) is 33.2 Å². The summed E-state index contributed by atoms with van der Waals surface area (Å²) in [5.74, 6) is 0.0306. The second-order valence-corrected chi connectivity index (χ2v) is 10.5. The molecule has 0 radical (unpaired) electrons. The Morgan fingerprint density at radius 1 is 1.16 bits per heavy atom. The zero-order valence-electron chi connectivity index (χ0n) is 18.4. The van der Waals surface area contributed by atoms with E-state index in [4.69, 9.17) is 4.98 Å². The van der Waals surface area contributed by atoms with E-state index >= 15 is 0 Å². The van der Waals surface area contributed by atoms with E-state index in [2.05, 4.69) is 67.5 Å². The molecule has 0 bridgehead atoms. The molecule has 2 aromatic heterocycles. The van der Waals surface area contributed by atoms with Gasteiger partial charge in [0.25, 0.3) is 0 Å². The van der Waals surface area contributed by atoms with E-state index < -0.39 is 0 Å². The fraction of sp³-hybridized carbons (Fsp3) is 0.280. The van der Waals surface area contributed by atoms with Gasteiger partial charge in [0.1, 0.15) is 10.0 Å². The summed E-state index contributed by atoms with van der Waals surface area (Å²) in [6.07, 6.45) is 1.37. The van der Waals surface area contributed by atoms with Gasteiger partial charge in [0.2, 0.25) is 5.91 Å². The maximum absolute atomic E-state index is 13.0. The van der Waals surface area contributed by atoms with Gasteiger partial charge >= 0.3 is 0 Å². The van der Waals surface area contributed by atoms with Crippen LogP contribution < -0.4 is 5.32 Å². The number of para-hydroxylation sites is 1. The number of carbonyl (C=O) groups excluding carboxylic acids is 1. The topological polar surface area (TPSA) is 45.2 Å². The number of amides is 1. The first-order valence-electron chi connectivity index (χ1n) is 10.5. The molecule has 0 atom stereocenters. The highest BCUT2D eigenvalue weighted by atomic mass is 35.5. The quantitative estimate of drug-likeness (QED) is 0.374. The van der Waals surface area contributed by atoms with Crippen LogP contribution in [-0.2, 0) is 24.2 Å². The Morgan fingerprint density at radius 2 is 1.97 bits per heavy atom. The lowest BCUT2D eigenvalue weighted by molar-refractivity contribution is -0.115. The zero-order chi connectivity index (χ0) is 21.5. The Morgan fingerprint density at radius 3 is 2.78 bits per heavy atom. The molecule has 5 rings (SSSR count). The molecule has 32 heavy (non-hydrogen) atoms. The van der Waals surface area contributed by atoms with Gasteiger partial charge in [-0.3, -0.25) is 4.79 Å². The van der Waals surface area contributed by atoms with Gasteiger partial charge in [0.05, 0.1) is 16.6 Å². The lowest BCUT2D eigenvalue weighted by Crippen LogP contribution is -2.25. The Kier molecular flexibility index (Phi) is 6.67. The van der Waals surface area contributed by atoms with Crippen LogP contribution in [0.5, 0.6) is 0 Å². The second-order valence-electron chi connectivity index (χ2n) is 8.34. The summed E-state index contributed by atoms with van der Waals surface area (Å²) in [7, 11) is 2.15. The minimum absolute atomic E-state index is 0.